The standard InChI is InChI=1S/C23H34N4/c1-2-4-16-26(15-3-1)17-5-6-21-20-22(7-12-25-21)27-18-10-23(11-19-27)8-13-24-14-9-23/h7,12,20,24H,1-4,8-11,13-19H2. The first kappa shape index (κ1) is 18.8. The van der Waals surface area contributed by atoms with Crippen LogP contribution in [0.25, 0.3) is 0 Å². The van der Waals surface area contributed by atoms with E-state index in [4.69, 9.17) is 0 Å². The highest BCUT2D eigenvalue weighted by Gasteiger charge is 2.35. The minimum absolute atomic E-state index is 0.602. The first-order chi connectivity index (χ1) is 13.3. The summed E-state index contributed by atoms with van der Waals surface area (Å²) in [5.41, 5.74) is 2.82. The summed E-state index contributed by atoms with van der Waals surface area (Å²) in [6, 6.07) is 4.34. The number of pyridine rings is 1. The maximum atomic E-state index is 4.49. The number of rotatable bonds is 2. The van der Waals surface area contributed by atoms with Crippen LogP contribution in [-0.2, 0) is 0 Å². The Morgan fingerprint density at radius 1 is 0.963 bits per heavy atom. The topological polar surface area (TPSA) is 31.4 Å². The zero-order valence-corrected chi connectivity index (χ0v) is 16.7. The lowest BCUT2D eigenvalue weighted by Gasteiger charge is -2.45. The van der Waals surface area contributed by atoms with Crippen LogP contribution in [0.3, 0.4) is 0 Å². The van der Waals surface area contributed by atoms with Crippen LogP contribution in [0.4, 0.5) is 5.69 Å². The molecule has 146 valence electrons. The third kappa shape index (κ3) is 5.03. The molecule has 0 amide bonds. The highest BCUT2D eigenvalue weighted by molar-refractivity contribution is 5.50. The van der Waals surface area contributed by atoms with Crippen molar-refractivity contribution in [3.8, 4) is 11.8 Å². The first-order valence-electron chi connectivity index (χ1n) is 11.0. The second-order valence-corrected chi connectivity index (χ2v) is 8.63. The first-order valence-corrected chi connectivity index (χ1v) is 11.0. The second kappa shape index (κ2) is 9.08. The van der Waals surface area contributed by atoms with Crippen molar-refractivity contribution in [1.82, 2.24) is 15.2 Å². The molecule has 4 heterocycles. The lowest BCUT2D eigenvalue weighted by atomic mass is 9.71. The molecule has 0 aromatic carbocycles. The molecule has 3 aliphatic heterocycles. The highest BCUT2D eigenvalue weighted by atomic mass is 15.1. The quantitative estimate of drug-likeness (QED) is 0.814. The number of piperidine rings is 2. The summed E-state index contributed by atoms with van der Waals surface area (Å²) < 4.78 is 0. The average molecular weight is 367 g/mol. The molecule has 0 bridgehead atoms. The zero-order valence-electron chi connectivity index (χ0n) is 16.7. The Labute approximate surface area is 164 Å². The minimum Gasteiger partial charge on any atom is -0.371 e. The molecule has 27 heavy (non-hydrogen) atoms. The van der Waals surface area contributed by atoms with E-state index in [1.807, 2.05) is 6.20 Å². The SMILES string of the molecule is C(#Cc1cc(N2CCC3(CCNCC3)CC2)ccn1)CN1CCCCCC1. The predicted molar refractivity (Wildman–Crippen MR) is 112 cm³/mol. The normalized spacial score (nSPS) is 23.5. The molecular weight excluding hydrogens is 332 g/mol. The van der Waals surface area contributed by atoms with E-state index in [1.165, 1.54) is 96.3 Å². The molecule has 0 atom stereocenters. The molecule has 4 rings (SSSR count). The monoisotopic (exact) mass is 366 g/mol. The number of aromatic nitrogens is 1. The van der Waals surface area contributed by atoms with E-state index in [1.54, 1.807) is 0 Å². The van der Waals surface area contributed by atoms with Crippen molar-refractivity contribution >= 4 is 5.69 Å². The average Bonchev–Trinajstić information content (AvgIpc) is 2.98. The summed E-state index contributed by atoms with van der Waals surface area (Å²) in [5, 5.41) is 3.51. The van der Waals surface area contributed by atoms with Gasteiger partial charge in [-0.15, -0.1) is 0 Å². The van der Waals surface area contributed by atoms with Crippen molar-refractivity contribution in [2.24, 2.45) is 5.41 Å². The zero-order chi connectivity index (χ0) is 18.4. The summed E-state index contributed by atoms with van der Waals surface area (Å²) >= 11 is 0. The number of likely N-dealkylation sites (tertiary alicyclic amines) is 1. The Morgan fingerprint density at radius 2 is 1.70 bits per heavy atom. The van der Waals surface area contributed by atoms with E-state index >= 15 is 0 Å². The molecule has 4 heteroatoms. The third-order valence-corrected chi connectivity index (χ3v) is 6.81. The molecule has 4 nitrogen and oxygen atoms in total. The van der Waals surface area contributed by atoms with E-state index in [2.05, 4.69) is 44.1 Å². The van der Waals surface area contributed by atoms with E-state index in [0.717, 1.165) is 12.2 Å². The van der Waals surface area contributed by atoms with Crippen LogP contribution in [0.15, 0.2) is 18.3 Å². The largest absolute Gasteiger partial charge is 0.371 e. The Morgan fingerprint density at radius 3 is 2.44 bits per heavy atom. The Kier molecular flexibility index (Phi) is 6.32. The summed E-state index contributed by atoms with van der Waals surface area (Å²) in [5.74, 6) is 6.67. The van der Waals surface area contributed by atoms with E-state index in [0.29, 0.717) is 5.41 Å². The maximum absolute atomic E-state index is 4.49. The summed E-state index contributed by atoms with van der Waals surface area (Å²) in [6.45, 7) is 8.03. The fourth-order valence-electron chi connectivity index (χ4n) is 4.92. The Bertz CT molecular complexity index is 650. The van der Waals surface area contributed by atoms with Crippen molar-refractivity contribution in [3.05, 3.63) is 24.0 Å². The van der Waals surface area contributed by atoms with Crippen molar-refractivity contribution < 1.29 is 0 Å². The molecule has 1 aromatic rings. The van der Waals surface area contributed by atoms with Crippen LogP contribution in [0.2, 0.25) is 0 Å². The van der Waals surface area contributed by atoms with Crippen molar-refractivity contribution in [2.75, 3.05) is 50.7 Å². The van der Waals surface area contributed by atoms with Gasteiger partial charge < -0.3 is 10.2 Å². The van der Waals surface area contributed by atoms with Crippen molar-refractivity contribution in [2.45, 2.75) is 51.4 Å². The van der Waals surface area contributed by atoms with Gasteiger partial charge in [0.25, 0.3) is 0 Å². The fourth-order valence-corrected chi connectivity index (χ4v) is 4.92. The van der Waals surface area contributed by atoms with E-state index in [-0.39, 0.29) is 0 Å². The van der Waals surface area contributed by atoms with Crippen LogP contribution in [0.5, 0.6) is 0 Å². The number of anilines is 1. The van der Waals surface area contributed by atoms with Gasteiger partial charge in [-0.05, 0) is 88.2 Å². The molecule has 0 saturated carbocycles. The molecule has 1 N–H and O–H groups in total. The van der Waals surface area contributed by atoms with Crippen molar-refractivity contribution in [1.29, 1.82) is 0 Å². The van der Waals surface area contributed by atoms with Gasteiger partial charge in [0.15, 0.2) is 0 Å². The van der Waals surface area contributed by atoms with Gasteiger partial charge in [0.05, 0.1) is 6.54 Å². The summed E-state index contributed by atoms with van der Waals surface area (Å²) in [7, 11) is 0. The van der Waals surface area contributed by atoms with Crippen LogP contribution in [0, 0.1) is 17.3 Å². The molecule has 3 aliphatic rings. The molecule has 0 radical (unpaired) electrons. The van der Waals surface area contributed by atoms with Gasteiger partial charge in [0.2, 0.25) is 0 Å². The predicted octanol–water partition coefficient (Wildman–Crippen LogP) is 3.28. The smallest absolute Gasteiger partial charge is 0.115 e. The summed E-state index contributed by atoms with van der Waals surface area (Å²) in [6.07, 6.45) is 12.7. The lowest BCUT2D eigenvalue weighted by molar-refractivity contribution is 0.155. The minimum atomic E-state index is 0.602. The number of nitrogens with one attached hydrogen (secondary N) is 1. The molecule has 0 aliphatic carbocycles. The van der Waals surface area contributed by atoms with Gasteiger partial charge >= 0.3 is 0 Å². The second-order valence-electron chi connectivity index (χ2n) is 8.63. The van der Waals surface area contributed by atoms with Crippen LogP contribution in [0.1, 0.15) is 57.1 Å². The highest BCUT2D eigenvalue weighted by Crippen LogP contribution is 2.40. The van der Waals surface area contributed by atoms with E-state index in [9.17, 15) is 0 Å². The summed E-state index contributed by atoms with van der Waals surface area (Å²) in [4.78, 5) is 9.52. The van der Waals surface area contributed by atoms with Gasteiger partial charge in [0, 0.05) is 25.0 Å². The molecule has 3 fully saturated rings. The van der Waals surface area contributed by atoms with Gasteiger partial charge in [-0.2, -0.15) is 0 Å². The van der Waals surface area contributed by atoms with Crippen LogP contribution >= 0.6 is 0 Å². The molecule has 1 spiro atoms. The van der Waals surface area contributed by atoms with Gasteiger partial charge in [-0.1, -0.05) is 18.8 Å². The number of nitrogens with zero attached hydrogens (tertiary/aromatic N) is 3. The Balaban J connectivity index is 1.33. The Hall–Kier alpha value is -1.57. The maximum Gasteiger partial charge on any atom is 0.115 e. The lowest BCUT2D eigenvalue weighted by Crippen LogP contribution is -2.45. The van der Waals surface area contributed by atoms with Crippen molar-refractivity contribution in [3.63, 3.8) is 0 Å². The molecular formula is C23H34N4. The number of hydrogen-bond acceptors (Lipinski definition) is 4. The van der Waals surface area contributed by atoms with Gasteiger partial charge in [0.1, 0.15) is 5.69 Å². The third-order valence-electron chi connectivity index (χ3n) is 6.81. The van der Waals surface area contributed by atoms with Crippen LogP contribution < -0.4 is 10.2 Å². The molecule has 0 unspecified atom stereocenters. The molecule has 1 aromatic heterocycles. The van der Waals surface area contributed by atoms with Crippen LogP contribution in [-0.4, -0.2) is 55.7 Å². The fraction of sp³-hybridized carbons (Fsp3) is 0.696. The molecule has 3 saturated heterocycles. The van der Waals surface area contributed by atoms with E-state index < -0.39 is 0 Å². The van der Waals surface area contributed by atoms with Gasteiger partial charge in [-0.25, -0.2) is 4.98 Å². The number of hydrogen-bond donors (Lipinski definition) is 1. The van der Waals surface area contributed by atoms with Gasteiger partial charge in [-0.3, -0.25) is 4.90 Å².